The van der Waals surface area contributed by atoms with Crippen LogP contribution >= 0.6 is 0 Å². The zero-order valence-corrected chi connectivity index (χ0v) is 10.5. The maximum absolute atomic E-state index is 3.49. The smallest absolute Gasteiger partial charge is 0.0473 e. The molecule has 2 nitrogen and oxygen atoms in total. The van der Waals surface area contributed by atoms with E-state index in [1.807, 2.05) is 0 Å². The van der Waals surface area contributed by atoms with E-state index in [-0.39, 0.29) is 0 Å². The Balaban J connectivity index is 2.31. The molecule has 1 aromatic rings. The highest BCUT2D eigenvalue weighted by Gasteiger charge is 2.22. The van der Waals surface area contributed by atoms with Gasteiger partial charge in [-0.15, -0.1) is 0 Å². The standard InChI is InChI=1S/C14H22N2/c1-11(2)12-6-4-5-7-13(12)14-10-15-8-9-16(14)3/h4-7,11,14-15H,8-10H2,1-3H3. The van der Waals surface area contributed by atoms with Crippen molar-refractivity contribution in [2.24, 2.45) is 0 Å². The molecule has 16 heavy (non-hydrogen) atoms. The molecule has 2 heteroatoms. The Morgan fingerprint density at radius 2 is 2.06 bits per heavy atom. The Kier molecular flexibility index (Phi) is 3.62. The summed E-state index contributed by atoms with van der Waals surface area (Å²) in [5.41, 5.74) is 2.98. The molecule has 0 amide bonds. The third kappa shape index (κ3) is 2.28. The van der Waals surface area contributed by atoms with Gasteiger partial charge < -0.3 is 5.32 Å². The van der Waals surface area contributed by atoms with Crippen LogP contribution in [0.5, 0.6) is 0 Å². The minimum absolute atomic E-state index is 0.535. The largest absolute Gasteiger partial charge is 0.314 e. The van der Waals surface area contributed by atoms with E-state index in [1.54, 1.807) is 0 Å². The van der Waals surface area contributed by atoms with Crippen LogP contribution in [0, 0.1) is 0 Å². The quantitative estimate of drug-likeness (QED) is 0.820. The lowest BCUT2D eigenvalue weighted by atomic mass is 9.91. The van der Waals surface area contributed by atoms with Crippen molar-refractivity contribution < 1.29 is 0 Å². The van der Waals surface area contributed by atoms with Gasteiger partial charge in [-0.1, -0.05) is 38.1 Å². The second-order valence-electron chi connectivity index (χ2n) is 4.98. The van der Waals surface area contributed by atoms with Crippen LogP contribution in [0.15, 0.2) is 24.3 Å². The number of rotatable bonds is 2. The molecule has 1 aromatic carbocycles. The van der Waals surface area contributed by atoms with Crippen molar-refractivity contribution in [3.63, 3.8) is 0 Å². The van der Waals surface area contributed by atoms with Crippen LogP contribution in [0.4, 0.5) is 0 Å². The summed E-state index contributed by atoms with van der Waals surface area (Å²) in [4.78, 5) is 2.46. The monoisotopic (exact) mass is 218 g/mol. The Bertz CT molecular complexity index is 346. The lowest BCUT2D eigenvalue weighted by Gasteiger charge is -2.35. The number of benzene rings is 1. The molecule has 0 saturated carbocycles. The molecule has 1 aliphatic heterocycles. The number of hydrogen-bond acceptors (Lipinski definition) is 2. The van der Waals surface area contributed by atoms with Gasteiger partial charge in [0, 0.05) is 25.7 Å². The maximum Gasteiger partial charge on any atom is 0.0473 e. The van der Waals surface area contributed by atoms with E-state index >= 15 is 0 Å². The van der Waals surface area contributed by atoms with Crippen molar-refractivity contribution in [3.05, 3.63) is 35.4 Å². The third-order valence-corrected chi connectivity index (χ3v) is 3.49. The molecule has 88 valence electrons. The minimum Gasteiger partial charge on any atom is -0.314 e. The lowest BCUT2D eigenvalue weighted by molar-refractivity contribution is 0.201. The second-order valence-corrected chi connectivity index (χ2v) is 4.98. The van der Waals surface area contributed by atoms with Crippen LogP contribution < -0.4 is 5.32 Å². The first kappa shape index (κ1) is 11.6. The van der Waals surface area contributed by atoms with Gasteiger partial charge in [0.1, 0.15) is 0 Å². The summed E-state index contributed by atoms with van der Waals surface area (Å²) < 4.78 is 0. The highest BCUT2D eigenvalue weighted by Crippen LogP contribution is 2.28. The molecule has 0 spiro atoms. The third-order valence-electron chi connectivity index (χ3n) is 3.49. The maximum atomic E-state index is 3.49. The molecule has 1 heterocycles. The number of nitrogens with one attached hydrogen (secondary N) is 1. The summed E-state index contributed by atoms with van der Waals surface area (Å²) in [6.45, 7) is 7.86. The fourth-order valence-corrected chi connectivity index (χ4v) is 2.49. The molecule has 1 saturated heterocycles. The normalized spacial score (nSPS) is 22.6. The Hall–Kier alpha value is -0.860. The SMILES string of the molecule is CC(C)c1ccccc1C1CNCCN1C. The molecule has 1 aliphatic rings. The van der Waals surface area contributed by atoms with Crippen molar-refractivity contribution in [1.29, 1.82) is 0 Å². The molecular formula is C14H22N2. The summed E-state index contributed by atoms with van der Waals surface area (Å²) >= 11 is 0. The molecule has 2 rings (SSSR count). The number of piperazine rings is 1. The molecule has 0 radical (unpaired) electrons. The van der Waals surface area contributed by atoms with Crippen LogP contribution in [0.3, 0.4) is 0 Å². The van der Waals surface area contributed by atoms with Gasteiger partial charge in [0.05, 0.1) is 0 Å². The van der Waals surface area contributed by atoms with E-state index < -0.39 is 0 Å². The average molecular weight is 218 g/mol. The lowest BCUT2D eigenvalue weighted by Crippen LogP contribution is -2.44. The van der Waals surface area contributed by atoms with Crippen LogP contribution in [-0.4, -0.2) is 31.6 Å². The first-order valence-corrected chi connectivity index (χ1v) is 6.20. The van der Waals surface area contributed by atoms with Crippen LogP contribution in [0.2, 0.25) is 0 Å². The van der Waals surface area contributed by atoms with Crippen molar-refractivity contribution >= 4 is 0 Å². The van der Waals surface area contributed by atoms with Crippen molar-refractivity contribution in [2.45, 2.75) is 25.8 Å². The zero-order valence-electron chi connectivity index (χ0n) is 10.5. The Morgan fingerprint density at radius 1 is 1.31 bits per heavy atom. The van der Waals surface area contributed by atoms with Gasteiger partial charge in [-0.2, -0.15) is 0 Å². The molecule has 1 atom stereocenters. The van der Waals surface area contributed by atoms with Crippen molar-refractivity contribution in [1.82, 2.24) is 10.2 Å². The van der Waals surface area contributed by atoms with E-state index in [1.165, 1.54) is 11.1 Å². The molecule has 0 aliphatic carbocycles. The second kappa shape index (κ2) is 4.98. The Morgan fingerprint density at radius 3 is 2.75 bits per heavy atom. The van der Waals surface area contributed by atoms with Crippen LogP contribution in [0.25, 0.3) is 0 Å². The minimum atomic E-state index is 0.535. The predicted molar refractivity (Wildman–Crippen MR) is 68.8 cm³/mol. The molecular weight excluding hydrogens is 196 g/mol. The molecule has 1 unspecified atom stereocenters. The van der Waals surface area contributed by atoms with Crippen LogP contribution in [0.1, 0.15) is 36.9 Å². The number of hydrogen-bond donors (Lipinski definition) is 1. The fourth-order valence-electron chi connectivity index (χ4n) is 2.49. The van der Waals surface area contributed by atoms with E-state index in [0.29, 0.717) is 12.0 Å². The van der Waals surface area contributed by atoms with E-state index in [0.717, 1.165) is 19.6 Å². The summed E-state index contributed by atoms with van der Waals surface area (Å²) in [6.07, 6.45) is 0. The van der Waals surface area contributed by atoms with E-state index in [9.17, 15) is 0 Å². The highest BCUT2D eigenvalue weighted by atomic mass is 15.2. The summed E-state index contributed by atoms with van der Waals surface area (Å²) in [6, 6.07) is 9.39. The summed E-state index contributed by atoms with van der Waals surface area (Å²) in [7, 11) is 2.22. The predicted octanol–water partition coefficient (Wildman–Crippen LogP) is 2.39. The van der Waals surface area contributed by atoms with Crippen LogP contribution in [-0.2, 0) is 0 Å². The van der Waals surface area contributed by atoms with Crippen molar-refractivity contribution in [3.8, 4) is 0 Å². The van der Waals surface area contributed by atoms with Gasteiger partial charge >= 0.3 is 0 Å². The van der Waals surface area contributed by atoms with Gasteiger partial charge in [-0.3, -0.25) is 4.90 Å². The first-order chi connectivity index (χ1) is 7.70. The van der Waals surface area contributed by atoms with Gasteiger partial charge in [-0.25, -0.2) is 0 Å². The van der Waals surface area contributed by atoms with E-state index in [2.05, 4.69) is 55.4 Å². The zero-order chi connectivity index (χ0) is 11.5. The molecule has 0 bridgehead atoms. The summed E-state index contributed by atoms with van der Waals surface area (Å²) in [5, 5.41) is 3.49. The number of likely N-dealkylation sites (N-methyl/N-ethyl adjacent to an activating group) is 1. The Labute approximate surface area is 98.7 Å². The summed E-state index contributed by atoms with van der Waals surface area (Å²) in [5.74, 6) is 0.603. The first-order valence-electron chi connectivity index (χ1n) is 6.20. The molecule has 0 aromatic heterocycles. The molecule has 1 N–H and O–H groups in total. The number of nitrogens with zero attached hydrogens (tertiary/aromatic N) is 1. The fraction of sp³-hybridized carbons (Fsp3) is 0.571. The van der Waals surface area contributed by atoms with E-state index in [4.69, 9.17) is 0 Å². The van der Waals surface area contributed by atoms with Gasteiger partial charge in [-0.05, 0) is 24.1 Å². The van der Waals surface area contributed by atoms with Gasteiger partial charge in [0.2, 0.25) is 0 Å². The topological polar surface area (TPSA) is 15.3 Å². The van der Waals surface area contributed by atoms with Gasteiger partial charge in [0.15, 0.2) is 0 Å². The van der Waals surface area contributed by atoms with Gasteiger partial charge in [0.25, 0.3) is 0 Å². The highest BCUT2D eigenvalue weighted by molar-refractivity contribution is 5.33. The molecule has 1 fully saturated rings. The van der Waals surface area contributed by atoms with Crippen molar-refractivity contribution in [2.75, 3.05) is 26.7 Å². The average Bonchev–Trinajstić information content (AvgIpc) is 2.29.